The first kappa shape index (κ1) is 22.5. The monoisotopic (exact) mass is 404 g/mol. The molecule has 1 saturated heterocycles. The molecule has 1 aromatic carbocycles. The fourth-order valence-electron chi connectivity index (χ4n) is 3.58. The molecule has 0 N–H and O–H groups in total. The highest BCUT2D eigenvalue weighted by atomic mass is 19.4. The van der Waals surface area contributed by atoms with Gasteiger partial charge in [0, 0.05) is 31.2 Å². The van der Waals surface area contributed by atoms with Crippen molar-refractivity contribution in [1.82, 2.24) is 9.80 Å². The van der Waals surface area contributed by atoms with Gasteiger partial charge in [0.2, 0.25) is 0 Å². The summed E-state index contributed by atoms with van der Waals surface area (Å²) in [6.07, 6.45) is -5.07. The maximum atomic E-state index is 13.4. The van der Waals surface area contributed by atoms with Crippen LogP contribution in [0.4, 0.5) is 22.4 Å². The van der Waals surface area contributed by atoms with Crippen molar-refractivity contribution >= 4 is 6.09 Å². The molecule has 1 unspecified atom stereocenters. The summed E-state index contributed by atoms with van der Waals surface area (Å²) in [5, 5.41) is 0. The molecule has 8 heteroatoms. The highest BCUT2D eigenvalue weighted by molar-refractivity contribution is 5.68. The quantitative estimate of drug-likeness (QED) is 0.633. The van der Waals surface area contributed by atoms with E-state index in [0.717, 1.165) is 6.07 Å². The van der Waals surface area contributed by atoms with Gasteiger partial charge in [0.05, 0.1) is 5.56 Å². The van der Waals surface area contributed by atoms with Crippen LogP contribution < -0.4 is 0 Å². The Hall–Kier alpha value is -1.83. The summed E-state index contributed by atoms with van der Waals surface area (Å²) in [5.74, 6) is -0.917. The molecule has 1 fully saturated rings. The molecule has 3 atom stereocenters. The molecule has 0 bridgehead atoms. The minimum atomic E-state index is -4.64. The van der Waals surface area contributed by atoms with E-state index in [9.17, 15) is 22.4 Å². The molecular weight excluding hydrogens is 376 g/mol. The summed E-state index contributed by atoms with van der Waals surface area (Å²) in [7, 11) is 0. The molecule has 0 aliphatic carbocycles. The van der Waals surface area contributed by atoms with E-state index in [1.165, 1.54) is 6.07 Å². The molecule has 1 aromatic rings. The van der Waals surface area contributed by atoms with E-state index < -0.39 is 35.3 Å². The third kappa shape index (κ3) is 5.16. The number of hydrogen-bond acceptors (Lipinski definition) is 3. The first-order chi connectivity index (χ1) is 12.7. The molecular formula is C20H28F4N2O2. The van der Waals surface area contributed by atoms with Gasteiger partial charge >= 0.3 is 12.3 Å². The molecule has 2 rings (SSSR count). The summed E-state index contributed by atoms with van der Waals surface area (Å²) in [5.41, 5.74) is -1.56. The highest BCUT2D eigenvalue weighted by Gasteiger charge is 2.40. The number of carbonyl (C=O) groups excluding carboxylic acids is 1. The molecule has 1 aliphatic rings. The minimum Gasteiger partial charge on any atom is -0.444 e. The molecule has 158 valence electrons. The Morgan fingerprint density at radius 1 is 1.14 bits per heavy atom. The van der Waals surface area contributed by atoms with Crippen molar-refractivity contribution in [1.29, 1.82) is 0 Å². The standard InChI is InChI=1S/C20H28F4N2O2/c1-12-11-26(18(27)28-19(4,5)6)13(2)10-25(12)14(3)16-8-7-15(21)9-17(16)20(22,23)24/h7-9,12-14H,10-11H2,1-6H3/t12-,13+,14?/m1/s1. The normalized spacial score (nSPS) is 22.9. The second-order valence-corrected chi connectivity index (χ2v) is 8.43. The predicted octanol–water partition coefficient (Wildman–Crippen LogP) is 5.24. The first-order valence-electron chi connectivity index (χ1n) is 9.32. The average molecular weight is 404 g/mol. The minimum absolute atomic E-state index is 0.0265. The lowest BCUT2D eigenvalue weighted by Gasteiger charge is -2.46. The van der Waals surface area contributed by atoms with Gasteiger partial charge in [0.1, 0.15) is 11.4 Å². The topological polar surface area (TPSA) is 32.8 Å². The zero-order chi connectivity index (χ0) is 21.4. The molecule has 28 heavy (non-hydrogen) atoms. The van der Waals surface area contributed by atoms with Crippen molar-refractivity contribution in [3.05, 3.63) is 35.1 Å². The van der Waals surface area contributed by atoms with E-state index in [0.29, 0.717) is 19.2 Å². The van der Waals surface area contributed by atoms with Gasteiger partial charge in [-0.15, -0.1) is 0 Å². The molecule has 0 spiro atoms. The summed E-state index contributed by atoms with van der Waals surface area (Å²) in [6, 6.07) is 1.77. The van der Waals surface area contributed by atoms with E-state index in [1.807, 2.05) is 18.7 Å². The van der Waals surface area contributed by atoms with Crippen molar-refractivity contribution in [2.75, 3.05) is 13.1 Å². The molecule has 1 heterocycles. The third-order valence-corrected chi connectivity index (χ3v) is 4.93. The summed E-state index contributed by atoms with van der Waals surface area (Å²) in [6.45, 7) is 11.4. The van der Waals surface area contributed by atoms with Gasteiger partial charge < -0.3 is 9.64 Å². The number of piperazine rings is 1. The molecule has 0 saturated carbocycles. The summed E-state index contributed by atoms with van der Waals surface area (Å²) < 4.78 is 59.1. The predicted molar refractivity (Wildman–Crippen MR) is 98.4 cm³/mol. The average Bonchev–Trinajstić information content (AvgIpc) is 2.53. The zero-order valence-corrected chi connectivity index (χ0v) is 17.1. The molecule has 1 aliphatic heterocycles. The van der Waals surface area contributed by atoms with Crippen molar-refractivity contribution in [3.8, 4) is 0 Å². The van der Waals surface area contributed by atoms with Crippen molar-refractivity contribution in [3.63, 3.8) is 0 Å². The van der Waals surface area contributed by atoms with Crippen LogP contribution in [0.25, 0.3) is 0 Å². The molecule has 0 radical (unpaired) electrons. The van der Waals surface area contributed by atoms with Gasteiger partial charge in [-0.05, 0) is 59.2 Å². The lowest BCUT2D eigenvalue weighted by Crippen LogP contribution is -2.59. The SMILES string of the molecule is CC(c1ccc(F)cc1C(F)(F)F)N1C[C@H](C)N(C(=O)OC(C)(C)C)C[C@H]1C. The smallest absolute Gasteiger partial charge is 0.416 e. The van der Waals surface area contributed by atoms with Crippen LogP contribution in [0.15, 0.2) is 18.2 Å². The van der Waals surface area contributed by atoms with Crippen molar-refractivity contribution in [2.24, 2.45) is 0 Å². The second-order valence-electron chi connectivity index (χ2n) is 8.43. The van der Waals surface area contributed by atoms with E-state index in [1.54, 1.807) is 32.6 Å². The maximum absolute atomic E-state index is 13.4. The number of halogens is 4. The van der Waals surface area contributed by atoms with Gasteiger partial charge in [-0.2, -0.15) is 13.2 Å². The Labute approximate surface area is 163 Å². The Balaban J connectivity index is 2.23. The van der Waals surface area contributed by atoms with E-state index in [4.69, 9.17) is 4.74 Å². The van der Waals surface area contributed by atoms with Crippen LogP contribution >= 0.6 is 0 Å². The van der Waals surface area contributed by atoms with E-state index in [2.05, 4.69) is 0 Å². The Morgan fingerprint density at radius 2 is 1.75 bits per heavy atom. The molecule has 0 aromatic heterocycles. The van der Waals surface area contributed by atoms with E-state index >= 15 is 0 Å². The van der Waals surface area contributed by atoms with Crippen LogP contribution in [0, 0.1) is 5.82 Å². The number of nitrogens with zero attached hydrogens (tertiary/aromatic N) is 2. The lowest BCUT2D eigenvalue weighted by molar-refractivity contribution is -0.139. The summed E-state index contributed by atoms with van der Waals surface area (Å²) in [4.78, 5) is 16.0. The van der Waals surface area contributed by atoms with Crippen molar-refractivity contribution < 1.29 is 27.1 Å². The number of hydrogen-bond donors (Lipinski definition) is 0. The first-order valence-corrected chi connectivity index (χ1v) is 9.32. The number of rotatable bonds is 2. The van der Waals surface area contributed by atoms with E-state index in [-0.39, 0.29) is 17.6 Å². The van der Waals surface area contributed by atoms with Crippen LogP contribution in [0.2, 0.25) is 0 Å². The third-order valence-electron chi connectivity index (χ3n) is 4.93. The van der Waals surface area contributed by atoms with Gasteiger partial charge in [0.25, 0.3) is 0 Å². The van der Waals surface area contributed by atoms with Gasteiger partial charge in [-0.3, -0.25) is 4.90 Å². The molecule has 4 nitrogen and oxygen atoms in total. The number of alkyl halides is 3. The Kier molecular flexibility index (Phi) is 6.33. The Morgan fingerprint density at radius 3 is 2.29 bits per heavy atom. The Bertz CT molecular complexity index is 715. The lowest BCUT2D eigenvalue weighted by atomic mass is 9.96. The molecule has 1 amide bonds. The fraction of sp³-hybridized carbons (Fsp3) is 0.650. The van der Waals surface area contributed by atoms with Gasteiger partial charge in [-0.1, -0.05) is 6.07 Å². The van der Waals surface area contributed by atoms with Crippen LogP contribution in [0.5, 0.6) is 0 Å². The zero-order valence-electron chi connectivity index (χ0n) is 17.1. The summed E-state index contributed by atoms with van der Waals surface area (Å²) >= 11 is 0. The maximum Gasteiger partial charge on any atom is 0.416 e. The number of benzene rings is 1. The number of amides is 1. The van der Waals surface area contributed by atoms with Crippen molar-refractivity contribution in [2.45, 2.75) is 71.4 Å². The van der Waals surface area contributed by atoms with Crippen LogP contribution in [-0.2, 0) is 10.9 Å². The van der Waals surface area contributed by atoms with Gasteiger partial charge in [-0.25, -0.2) is 9.18 Å². The fourth-order valence-corrected chi connectivity index (χ4v) is 3.58. The second kappa shape index (κ2) is 7.89. The van der Waals surface area contributed by atoms with Crippen LogP contribution in [0.3, 0.4) is 0 Å². The highest BCUT2D eigenvalue weighted by Crippen LogP contribution is 2.38. The number of carbonyl (C=O) groups is 1. The number of ether oxygens (including phenoxy) is 1. The van der Waals surface area contributed by atoms with Crippen LogP contribution in [0.1, 0.15) is 58.7 Å². The largest absolute Gasteiger partial charge is 0.444 e. The van der Waals surface area contributed by atoms with Crippen LogP contribution in [-0.4, -0.2) is 46.7 Å². The van der Waals surface area contributed by atoms with Gasteiger partial charge in [0.15, 0.2) is 0 Å².